The Hall–Kier alpha value is -3.00. The van der Waals surface area contributed by atoms with Gasteiger partial charge in [0.05, 0.1) is 7.11 Å². The number of ether oxygens (including phenoxy) is 2. The molecule has 3 rings (SSSR count). The van der Waals surface area contributed by atoms with Crippen LogP contribution in [0.5, 0.6) is 23.0 Å². The molecule has 0 fully saturated rings. The first kappa shape index (κ1) is 15.9. The lowest BCUT2D eigenvalue weighted by atomic mass is 10.0. The van der Waals surface area contributed by atoms with Gasteiger partial charge in [-0.2, -0.15) is 4.39 Å². The van der Waals surface area contributed by atoms with Gasteiger partial charge in [0.1, 0.15) is 17.1 Å². The molecular formula is C16H14FNO6. The Morgan fingerprint density at radius 1 is 1.29 bits per heavy atom. The van der Waals surface area contributed by atoms with Crippen molar-refractivity contribution < 1.29 is 34.1 Å². The Balaban J connectivity index is 2.03. The molecule has 0 amide bonds. The lowest BCUT2D eigenvalue weighted by Crippen LogP contribution is -2.18. The summed E-state index contributed by atoms with van der Waals surface area (Å²) >= 11 is 0. The van der Waals surface area contributed by atoms with Crippen molar-refractivity contribution in [3.8, 4) is 23.0 Å². The summed E-state index contributed by atoms with van der Waals surface area (Å²) in [6, 6.07) is 5.27. The first-order chi connectivity index (χ1) is 11.4. The van der Waals surface area contributed by atoms with Crippen molar-refractivity contribution in [2.45, 2.75) is 12.8 Å². The van der Waals surface area contributed by atoms with Gasteiger partial charge in [0.25, 0.3) is 0 Å². The highest BCUT2D eigenvalue weighted by molar-refractivity contribution is 5.78. The number of esters is 1. The largest absolute Gasteiger partial charge is 0.508 e. The second kappa shape index (κ2) is 5.89. The van der Waals surface area contributed by atoms with Crippen molar-refractivity contribution in [2.24, 2.45) is 0 Å². The average Bonchev–Trinajstić information content (AvgIpc) is 2.57. The first-order valence-electron chi connectivity index (χ1n) is 7.03. The molecule has 2 aromatic carbocycles. The van der Waals surface area contributed by atoms with Gasteiger partial charge in [0, 0.05) is 12.5 Å². The molecule has 0 saturated heterocycles. The molecule has 0 atom stereocenters. The molecule has 0 saturated carbocycles. The SMILES string of the molecule is COC(=O)CCc1cc2c(c(F)c1O)Oc1cc(O)ccc1N2O. The van der Waals surface area contributed by atoms with Crippen molar-refractivity contribution in [1.82, 2.24) is 0 Å². The minimum atomic E-state index is -1.07. The minimum Gasteiger partial charge on any atom is -0.508 e. The summed E-state index contributed by atoms with van der Waals surface area (Å²) in [5.41, 5.74) is 0.300. The normalized spacial score (nSPS) is 12.2. The topological polar surface area (TPSA) is 99.5 Å². The van der Waals surface area contributed by atoms with E-state index in [1.807, 2.05) is 0 Å². The number of nitrogens with zero attached hydrogens (tertiary/aromatic N) is 1. The summed E-state index contributed by atoms with van der Waals surface area (Å²) in [5, 5.41) is 30.4. The number of carbonyl (C=O) groups excluding carboxylic acids is 1. The van der Waals surface area contributed by atoms with Crippen LogP contribution in [0.25, 0.3) is 0 Å². The number of aryl methyl sites for hydroxylation is 1. The van der Waals surface area contributed by atoms with E-state index in [1.54, 1.807) is 0 Å². The Labute approximate surface area is 136 Å². The van der Waals surface area contributed by atoms with Crippen LogP contribution in [0.3, 0.4) is 0 Å². The number of halogens is 1. The highest BCUT2D eigenvalue weighted by Crippen LogP contribution is 2.50. The summed E-state index contributed by atoms with van der Waals surface area (Å²) in [6.07, 6.45) is -0.0297. The zero-order valence-electron chi connectivity index (χ0n) is 12.6. The Morgan fingerprint density at radius 2 is 2.04 bits per heavy atom. The van der Waals surface area contributed by atoms with Crippen LogP contribution in [0.2, 0.25) is 0 Å². The third kappa shape index (κ3) is 2.56. The number of methoxy groups -OCH3 is 1. The van der Waals surface area contributed by atoms with E-state index in [2.05, 4.69) is 4.74 Å². The van der Waals surface area contributed by atoms with Gasteiger partial charge in [-0.25, -0.2) is 5.06 Å². The van der Waals surface area contributed by atoms with E-state index >= 15 is 0 Å². The van der Waals surface area contributed by atoms with Crippen molar-refractivity contribution in [2.75, 3.05) is 12.2 Å². The Bertz CT molecular complexity index is 823. The molecule has 7 nitrogen and oxygen atoms in total. The number of carbonyl (C=O) groups is 1. The molecule has 8 heteroatoms. The quantitative estimate of drug-likeness (QED) is 0.742. The summed E-state index contributed by atoms with van der Waals surface area (Å²) in [7, 11) is 1.23. The highest BCUT2D eigenvalue weighted by Gasteiger charge is 2.30. The monoisotopic (exact) mass is 335 g/mol. The van der Waals surface area contributed by atoms with E-state index in [-0.39, 0.29) is 47.0 Å². The van der Waals surface area contributed by atoms with Gasteiger partial charge in [-0.15, -0.1) is 0 Å². The van der Waals surface area contributed by atoms with E-state index in [0.29, 0.717) is 5.06 Å². The lowest BCUT2D eigenvalue weighted by molar-refractivity contribution is -0.140. The Morgan fingerprint density at radius 3 is 2.75 bits per heavy atom. The number of phenolic OH excluding ortho intramolecular Hbond substituents is 2. The predicted octanol–water partition coefficient (Wildman–Crippen LogP) is 2.98. The molecule has 1 aliphatic heterocycles. The molecule has 0 aromatic heterocycles. The van der Waals surface area contributed by atoms with E-state index in [1.165, 1.54) is 31.4 Å². The van der Waals surface area contributed by atoms with Crippen LogP contribution in [0.4, 0.5) is 15.8 Å². The maximum atomic E-state index is 14.4. The molecule has 1 aliphatic rings. The number of fused-ring (bicyclic) bond motifs is 2. The molecule has 126 valence electrons. The Kier molecular flexibility index (Phi) is 3.90. The molecule has 0 unspecified atom stereocenters. The highest BCUT2D eigenvalue weighted by atomic mass is 19.1. The van der Waals surface area contributed by atoms with Crippen LogP contribution < -0.4 is 9.80 Å². The summed E-state index contributed by atoms with van der Waals surface area (Å²) < 4.78 is 24.3. The van der Waals surface area contributed by atoms with Crippen LogP contribution in [0.15, 0.2) is 24.3 Å². The first-order valence-corrected chi connectivity index (χ1v) is 7.03. The van der Waals surface area contributed by atoms with E-state index in [0.717, 1.165) is 0 Å². The number of phenols is 2. The lowest BCUT2D eigenvalue weighted by Gasteiger charge is -2.28. The fourth-order valence-electron chi connectivity index (χ4n) is 2.44. The molecule has 2 aromatic rings. The molecule has 24 heavy (non-hydrogen) atoms. The van der Waals surface area contributed by atoms with Gasteiger partial charge >= 0.3 is 5.97 Å². The molecule has 1 heterocycles. The number of aromatic hydroxyl groups is 2. The van der Waals surface area contributed by atoms with Gasteiger partial charge in [-0.3, -0.25) is 10.0 Å². The zero-order valence-corrected chi connectivity index (χ0v) is 12.6. The van der Waals surface area contributed by atoms with Gasteiger partial charge in [0.15, 0.2) is 17.2 Å². The summed E-state index contributed by atoms with van der Waals surface area (Å²) in [4.78, 5) is 11.2. The predicted molar refractivity (Wildman–Crippen MR) is 80.5 cm³/mol. The molecule has 3 N–H and O–H groups in total. The van der Waals surface area contributed by atoms with Gasteiger partial charge in [-0.1, -0.05) is 0 Å². The fraction of sp³-hybridized carbons (Fsp3) is 0.188. The molecular weight excluding hydrogens is 321 g/mol. The van der Waals surface area contributed by atoms with Crippen LogP contribution in [0.1, 0.15) is 12.0 Å². The molecule has 0 radical (unpaired) electrons. The van der Waals surface area contributed by atoms with Crippen molar-refractivity contribution >= 4 is 17.3 Å². The van der Waals surface area contributed by atoms with Crippen LogP contribution in [-0.2, 0) is 16.0 Å². The molecule has 0 spiro atoms. The number of anilines is 2. The van der Waals surface area contributed by atoms with Crippen molar-refractivity contribution in [3.63, 3.8) is 0 Å². The second-order valence-corrected chi connectivity index (χ2v) is 5.19. The van der Waals surface area contributed by atoms with Crippen LogP contribution >= 0.6 is 0 Å². The second-order valence-electron chi connectivity index (χ2n) is 5.19. The number of hydrogen-bond donors (Lipinski definition) is 3. The third-order valence-electron chi connectivity index (χ3n) is 3.69. The van der Waals surface area contributed by atoms with Gasteiger partial charge < -0.3 is 19.7 Å². The number of benzene rings is 2. The molecule has 0 aliphatic carbocycles. The summed E-state index contributed by atoms with van der Waals surface area (Å²) in [6.45, 7) is 0. The maximum absolute atomic E-state index is 14.4. The smallest absolute Gasteiger partial charge is 0.305 e. The minimum absolute atomic E-state index is 0.0247. The zero-order chi connectivity index (χ0) is 17.4. The van der Waals surface area contributed by atoms with Crippen LogP contribution in [0, 0.1) is 5.82 Å². The van der Waals surface area contributed by atoms with Crippen molar-refractivity contribution in [3.05, 3.63) is 35.6 Å². The van der Waals surface area contributed by atoms with E-state index in [4.69, 9.17) is 4.74 Å². The standard InChI is InChI=1S/C16H14FNO6/c1-23-13(20)5-2-8-6-11-16(14(17)15(8)21)24-12-7-9(19)3-4-10(12)18(11)22/h3-4,6-7,19,21-22H,2,5H2,1H3. The molecule has 0 bridgehead atoms. The average molecular weight is 335 g/mol. The van der Waals surface area contributed by atoms with E-state index < -0.39 is 17.5 Å². The van der Waals surface area contributed by atoms with Crippen molar-refractivity contribution in [1.29, 1.82) is 0 Å². The maximum Gasteiger partial charge on any atom is 0.305 e. The third-order valence-corrected chi connectivity index (χ3v) is 3.69. The van der Waals surface area contributed by atoms with Gasteiger partial charge in [-0.05, 0) is 30.2 Å². The summed E-state index contributed by atoms with van der Waals surface area (Å²) in [5.74, 6) is -2.72. The number of hydrogen-bond acceptors (Lipinski definition) is 7. The number of rotatable bonds is 3. The van der Waals surface area contributed by atoms with Gasteiger partial charge in [0.2, 0.25) is 5.82 Å². The van der Waals surface area contributed by atoms with Crippen LogP contribution in [-0.4, -0.2) is 28.5 Å². The fourth-order valence-corrected chi connectivity index (χ4v) is 2.44. The van der Waals surface area contributed by atoms with E-state index in [9.17, 15) is 24.6 Å².